The maximum atomic E-state index is 9.23. The molecular weight excluding hydrogens is 215 g/mol. The van der Waals surface area contributed by atoms with E-state index < -0.39 is 7.12 Å². The maximum Gasteiger partial charge on any atom is 0.491 e. The van der Waals surface area contributed by atoms with Crippen molar-refractivity contribution in [2.75, 3.05) is 0 Å². The summed E-state index contributed by atoms with van der Waals surface area (Å²) in [7, 11) is -1.45. The van der Waals surface area contributed by atoms with Crippen molar-refractivity contribution in [3.8, 4) is 0 Å². The van der Waals surface area contributed by atoms with Gasteiger partial charge in [0.25, 0.3) is 0 Å². The van der Waals surface area contributed by atoms with Crippen LogP contribution in [0.5, 0.6) is 0 Å². The smallest absolute Gasteiger partial charge is 0.423 e. The van der Waals surface area contributed by atoms with E-state index in [9.17, 15) is 10.0 Å². The van der Waals surface area contributed by atoms with Gasteiger partial charge in [-0.05, 0) is 35.4 Å². The fraction of sp³-hybridized carbons (Fsp3) is 0.111. The van der Waals surface area contributed by atoms with Crippen molar-refractivity contribution in [1.82, 2.24) is 0 Å². The summed E-state index contributed by atoms with van der Waals surface area (Å²) in [5, 5.41) is 21.5. The summed E-state index contributed by atoms with van der Waals surface area (Å²) in [4.78, 5) is 0.632. The van der Waals surface area contributed by atoms with Crippen LogP contribution in [0.25, 0.3) is 10.1 Å². The van der Waals surface area contributed by atoms with Gasteiger partial charge in [-0.1, -0.05) is 0 Å². The third kappa shape index (κ3) is 1.46. The Balaban J connectivity index is 2.86. The fourth-order valence-corrected chi connectivity index (χ4v) is 3.09. The molecule has 72 valence electrons. The van der Waals surface area contributed by atoms with Gasteiger partial charge in [-0.2, -0.15) is 0 Å². The highest BCUT2D eigenvalue weighted by Crippen LogP contribution is 2.25. The second-order valence-corrected chi connectivity index (χ2v) is 4.56. The van der Waals surface area contributed by atoms with Gasteiger partial charge < -0.3 is 10.0 Å². The van der Waals surface area contributed by atoms with Gasteiger partial charge in [-0.25, -0.2) is 0 Å². The molecule has 0 fully saturated rings. The van der Waals surface area contributed by atoms with Gasteiger partial charge in [-0.15, -0.1) is 24.0 Å². The lowest BCUT2D eigenvalue weighted by atomic mass is 9.79. The SMILES string of the molecule is Cc1cc(S)c(B(O)O)c2sccc12. The highest BCUT2D eigenvalue weighted by atomic mass is 32.1. The molecule has 14 heavy (non-hydrogen) atoms. The first kappa shape index (κ1) is 10.0. The Morgan fingerprint density at radius 2 is 2.14 bits per heavy atom. The molecule has 0 aliphatic rings. The lowest BCUT2D eigenvalue weighted by molar-refractivity contribution is 0.425. The summed E-state index contributed by atoms with van der Waals surface area (Å²) in [6, 6.07) is 3.83. The van der Waals surface area contributed by atoms with Crippen LogP contribution >= 0.6 is 24.0 Å². The predicted molar refractivity (Wildman–Crippen MR) is 63.6 cm³/mol. The van der Waals surface area contributed by atoms with E-state index in [-0.39, 0.29) is 0 Å². The molecule has 1 aromatic heterocycles. The zero-order chi connectivity index (χ0) is 10.3. The average molecular weight is 224 g/mol. The average Bonchev–Trinajstić information content (AvgIpc) is 2.51. The minimum absolute atomic E-state index is 0.504. The van der Waals surface area contributed by atoms with E-state index in [1.807, 2.05) is 24.4 Å². The van der Waals surface area contributed by atoms with Gasteiger partial charge in [0.05, 0.1) is 0 Å². The molecule has 2 aromatic rings. The van der Waals surface area contributed by atoms with Gasteiger partial charge in [0.1, 0.15) is 0 Å². The van der Waals surface area contributed by atoms with E-state index in [1.54, 1.807) is 0 Å². The van der Waals surface area contributed by atoms with Gasteiger partial charge in [0.2, 0.25) is 0 Å². The molecule has 0 radical (unpaired) electrons. The van der Waals surface area contributed by atoms with E-state index in [4.69, 9.17) is 0 Å². The molecule has 1 aromatic carbocycles. The molecule has 5 heteroatoms. The number of rotatable bonds is 1. The molecule has 0 aliphatic carbocycles. The van der Waals surface area contributed by atoms with Crippen molar-refractivity contribution in [2.24, 2.45) is 0 Å². The molecule has 1 heterocycles. The van der Waals surface area contributed by atoms with Crippen LogP contribution < -0.4 is 5.46 Å². The first-order chi connectivity index (χ1) is 6.61. The van der Waals surface area contributed by atoms with E-state index >= 15 is 0 Å². The summed E-state index contributed by atoms with van der Waals surface area (Å²) in [5.41, 5.74) is 1.61. The van der Waals surface area contributed by atoms with E-state index in [2.05, 4.69) is 12.6 Å². The zero-order valence-corrected chi connectivity index (χ0v) is 9.27. The van der Waals surface area contributed by atoms with Crippen molar-refractivity contribution >= 4 is 46.6 Å². The van der Waals surface area contributed by atoms with E-state index in [0.717, 1.165) is 15.6 Å². The van der Waals surface area contributed by atoms with Gasteiger partial charge in [0.15, 0.2) is 0 Å². The molecule has 0 unspecified atom stereocenters. The number of thiophene rings is 1. The molecular formula is C9H9BO2S2. The Morgan fingerprint density at radius 1 is 1.43 bits per heavy atom. The third-order valence-corrected chi connectivity index (χ3v) is 3.54. The monoisotopic (exact) mass is 224 g/mol. The zero-order valence-electron chi connectivity index (χ0n) is 7.56. The Hall–Kier alpha value is -0.485. The van der Waals surface area contributed by atoms with E-state index in [1.165, 1.54) is 11.3 Å². The maximum absolute atomic E-state index is 9.23. The lowest BCUT2D eigenvalue weighted by Crippen LogP contribution is -2.31. The van der Waals surface area contributed by atoms with Crippen LogP contribution in [0.1, 0.15) is 5.56 Å². The highest BCUT2D eigenvalue weighted by Gasteiger charge is 2.19. The molecule has 0 spiro atoms. The minimum Gasteiger partial charge on any atom is -0.423 e. The lowest BCUT2D eigenvalue weighted by Gasteiger charge is -2.07. The van der Waals surface area contributed by atoms with Crippen LogP contribution in [-0.4, -0.2) is 17.2 Å². The Labute approximate surface area is 91.8 Å². The summed E-state index contributed by atoms with van der Waals surface area (Å²) >= 11 is 5.75. The summed E-state index contributed by atoms with van der Waals surface area (Å²) in [6.45, 7) is 1.99. The van der Waals surface area contributed by atoms with Crippen molar-refractivity contribution in [3.05, 3.63) is 23.1 Å². The molecule has 0 aliphatic heterocycles. The van der Waals surface area contributed by atoms with Gasteiger partial charge >= 0.3 is 7.12 Å². The number of hydrogen-bond donors (Lipinski definition) is 3. The van der Waals surface area contributed by atoms with Crippen LogP contribution in [0.15, 0.2) is 22.4 Å². The van der Waals surface area contributed by atoms with Crippen molar-refractivity contribution in [2.45, 2.75) is 11.8 Å². The molecule has 0 amide bonds. The van der Waals surface area contributed by atoms with E-state index in [0.29, 0.717) is 10.4 Å². The first-order valence-corrected chi connectivity index (χ1v) is 5.49. The minimum atomic E-state index is -1.45. The molecule has 2 rings (SSSR count). The fourth-order valence-electron chi connectivity index (χ4n) is 1.55. The second-order valence-electron chi connectivity index (χ2n) is 3.16. The molecule has 2 nitrogen and oxygen atoms in total. The Kier molecular flexibility index (Phi) is 2.57. The van der Waals surface area contributed by atoms with Crippen molar-refractivity contribution in [3.63, 3.8) is 0 Å². The van der Waals surface area contributed by atoms with Crippen LogP contribution in [0, 0.1) is 6.92 Å². The summed E-state index contributed by atoms with van der Waals surface area (Å²) < 4.78 is 0.907. The number of thiol groups is 1. The number of fused-ring (bicyclic) bond motifs is 1. The first-order valence-electron chi connectivity index (χ1n) is 4.17. The summed E-state index contributed by atoms with van der Waals surface area (Å²) in [6.07, 6.45) is 0. The topological polar surface area (TPSA) is 40.5 Å². The molecule has 0 saturated heterocycles. The number of aryl methyl sites for hydroxylation is 1. The van der Waals surface area contributed by atoms with Crippen LogP contribution in [-0.2, 0) is 0 Å². The normalized spacial score (nSPS) is 10.9. The largest absolute Gasteiger partial charge is 0.491 e. The highest BCUT2D eigenvalue weighted by molar-refractivity contribution is 7.80. The molecule has 0 bridgehead atoms. The molecule has 0 atom stereocenters. The van der Waals surface area contributed by atoms with Gasteiger partial charge in [0, 0.05) is 15.1 Å². The third-order valence-electron chi connectivity index (χ3n) is 2.22. The summed E-state index contributed by atoms with van der Waals surface area (Å²) in [5.74, 6) is 0. The Bertz CT molecular complexity index is 479. The predicted octanol–water partition coefficient (Wildman–Crippen LogP) is 1.18. The van der Waals surface area contributed by atoms with Crippen molar-refractivity contribution in [1.29, 1.82) is 0 Å². The van der Waals surface area contributed by atoms with Crippen LogP contribution in [0.2, 0.25) is 0 Å². The van der Waals surface area contributed by atoms with Gasteiger partial charge in [-0.3, -0.25) is 0 Å². The van der Waals surface area contributed by atoms with Crippen LogP contribution in [0.4, 0.5) is 0 Å². The Morgan fingerprint density at radius 3 is 2.79 bits per heavy atom. The van der Waals surface area contributed by atoms with Crippen molar-refractivity contribution < 1.29 is 10.0 Å². The molecule has 0 saturated carbocycles. The standard InChI is InChI=1S/C9H9BO2S2/c1-5-4-7(13)8(10(11)12)9-6(5)2-3-14-9/h2-4,11-13H,1H3. The second kappa shape index (κ2) is 3.58. The van der Waals surface area contributed by atoms with Crippen LogP contribution in [0.3, 0.4) is 0 Å². The number of hydrogen-bond acceptors (Lipinski definition) is 4. The molecule has 2 N–H and O–H groups in total. The quantitative estimate of drug-likeness (QED) is 0.502. The number of benzene rings is 1.